The topological polar surface area (TPSA) is 16.4 Å². The fraction of sp³-hybridized carbons (Fsp3) is 0. The van der Waals surface area contributed by atoms with Crippen LogP contribution in [0.15, 0.2) is 205 Å². The summed E-state index contributed by atoms with van der Waals surface area (Å²) in [5.41, 5.74) is 12.4. The molecule has 9 aromatic carbocycles. The van der Waals surface area contributed by atoms with E-state index in [1.807, 2.05) is 28.7 Å². The lowest BCUT2D eigenvalue weighted by molar-refractivity contribution is 0.669. The Morgan fingerprint density at radius 2 is 0.862 bits per heavy atom. The van der Waals surface area contributed by atoms with E-state index in [1.165, 1.54) is 73.7 Å². The van der Waals surface area contributed by atoms with Gasteiger partial charge in [-0.2, -0.15) is 0 Å². The number of nitrogens with zero attached hydrogens (tertiary/aromatic N) is 1. The molecule has 0 fully saturated rings. The van der Waals surface area contributed by atoms with Crippen LogP contribution in [0.25, 0.3) is 95.7 Å². The molecule has 12 rings (SSSR count). The van der Waals surface area contributed by atoms with Crippen molar-refractivity contribution in [1.29, 1.82) is 0 Å². The SMILES string of the molecule is c1ccc(-c2ccc(-c3ccccc3)c3c2sc2ccc(N(c4ccc5c(c4)oc4ccccc45)c4ccc(-c5ccccc5)c5sc6ccccc6c45)cc23)cc1. The van der Waals surface area contributed by atoms with Gasteiger partial charge in [-0.05, 0) is 81.9 Å². The average Bonchev–Trinajstić information content (AvgIpc) is 3.99. The number of benzene rings is 9. The van der Waals surface area contributed by atoms with Crippen molar-refractivity contribution >= 4 is 102 Å². The van der Waals surface area contributed by atoms with Crippen LogP contribution in [0.2, 0.25) is 0 Å². The van der Waals surface area contributed by atoms with E-state index in [0.29, 0.717) is 0 Å². The fourth-order valence-electron chi connectivity index (χ4n) is 8.83. The van der Waals surface area contributed by atoms with Crippen molar-refractivity contribution in [3.63, 3.8) is 0 Å². The summed E-state index contributed by atoms with van der Waals surface area (Å²) in [5, 5.41) is 7.28. The molecule has 0 saturated carbocycles. The quantitative estimate of drug-likeness (QED) is 0.167. The lowest BCUT2D eigenvalue weighted by atomic mass is 9.94. The van der Waals surface area contributed by atoms with Crippen LogP contribution in [-0.2, 0) is 0 Å². The van der Waals surface area contributed by atoms with E-state index in [9.17, 15) is 0 Å². The summed E-state index contributed by atoms with van der Waals surface area (Å²) in [5.74, 6) is 0. The van der Waals surface area contributed by atoms with Crippen molar-refractivity contribution in [2.45, 2.75) is 0 Å². The lowest BCUT2D eigenvalue weighted by Gasteiger charge is -2.27. The normalized spacial score (nSPS) is 11.8. The van der Waals surface area contributed by atoms with E-state index in [4.69, 9.17) is 4.42 Å². The lowest BCUT2D eigenvalue weighted by Crippen LogP contribution is -2.10. The zero-order valence-electron chi connectivity index (χ0n) is 31.2. The average molecular weight is 776 g/mol. The van der Waals surface area contributed by atoms with Crippen LogP contribution in [0.5, 0.6) is 0 Å². The monoisotopic (exact) mass is 775 g/mol. The van der Waals surface area contributed by atoms with Gasteiger partial charge in [0.15, 0.2) is 0 Å². The predicted octanol–water partition coefficient (Wildman–Crippen LogP) is 16.8. The van der Waals surface area contributed by atoms with Crippen LogP contribution >= 0.6 is 22.7 Å². The Balaban J connectivity index is 1.17. The van der Waals surface area contributed by atoms with E-state index in [1.54, 1.807) is 0 Å². The zero-order valence-corrected chi connectivity index (χ0v) is 32.9. The second kappa shape index (κ2) is 13.3. The van der Waals surface area contributed by atoms with Crippen LogP contribution in [0, 0.1) is 0 Å². The second-order valence-corrected chi connectivity index (χ2v) is 16.9. The van der Waals surface area contributed by atoms with Crippen molar-refractivity contribution in [3.8, 4) is 33.4 Å². The van der Waals surface area contributed by atoms with Gasteiger partial charge in [-0.3, -0.25) is 0 Å². The Morgan fingerprint density at radius 1 is 0.345 bits per heavy atom. The number of fused-ring (bicyclic) bond motifs is 9. The highest BCUT2D eigenvalue weighted by Crippen LogP contribution is 2.51. The largest absolute Gasteiger partial charge is 0.456 e. The molecule has 58 heavy (non-hydrogen) atoms. The maximum atomic E-state index is 6.55. The molecule has 0 saturated heterocycles. The third kappa shape index (κ3) is 5.23. The molecule has 0 aliphatic heterocycles. The molecule has 0 radical (unpaired) electrons. The number of furan rings is 1. The number of hydrogen-bond donors (Lipinski definition) is 0. The second-order valence-electron chi connectivity index (χ2n) is 14.8. The van der Waals surface area contributed by atoms with Crippen molar-refractivity contribution in [2.24, 2.45) is 0 Å². The predicted molar refractivity (Wildman–Crippen MR) is 250 cm³/mol. The van der Waals surface area contributed by atoms with E-state index in [2.05, 4.69) is 199 Å². The van der Waals surface area contributed by atoms with E-state index in [-0.39, 0.29) is 0 Å². The summed E-state index contributed by atoms with van der Waals surface area (Å²) in [6.07, 6.45) is 0. The minimum atomic E-state index is 0.872. The summed E-state index contributed by atoms with van der Waals surface area (Å²) in [7, 11) is 0. The summed E-state index contributed by atoms with van der Waals surface area (Å²) in [6.45, 7) is 0. The molecule has 0 atom stereocenters. The Hall–Kier alpha value is -6.98. The fourth-order valence-corrected chi connectivity index (χ4v) is 11.3. The molecule has 0 unspecified atom stereocenters. The van der Waals surface area contributed by atoms with Crippen LogP contribution in [0.1, 0.15) is 0 Å². The zero-order chi connectivity index (χ0) is 38.2. The molecule has 3 heterocycles. The minimum Gasteiger partial charge on any atom is -0.456 e. The molecule has 2 nitrogen and oxygen atoms in total. The number of rotatable bonds is 6. The molecule has 0 aliphatic carbocycles. The third-order valence-corrected chi connectivity index (χ3v) is 13.9. The molecule has 0 amide bonds. The van der Waals surface area contributed by atoms with Crippen molar-refractivity contribution in [3.05, 3.63) is 200 Å². The molecule has 0 bridgehead atoms. The van der Waals surface area contributed by atoms with Gasteiger partial charge in [-0.25, -0.2) is 0 Å². The Kier molecular flexibility index (Phi) is 7.62. The molecule has 272 valence electrons. The highest BCUT2D eigenvalue weighted by molar-refractivity contribution is 7.27. The number of hydrogen-bond acceptors (Lipinski definition) is 4. The summed E-state index contributed by atoms with van der Waals surface area (Å²) >= 11 is 3.75. The Morgan fingerprint density at radius 3 is 1.59 bits per heavy atom. The maximum Gasteiger partial charge on any atom is 0.137 e. The molecule has 4 heteroatoms. The summed E-state index contributed by atoms with van der Waals surface area (Å²) < 4.78 is 11.7. The van der Waals surface area contributed by atoms with Crippen molar-refractivity contribution < 1.29 is 4.42 Å². The van der Waals surface area contributed by atoms with Gasteiger partial charge >= 0.3 is 0 Å². The van der Waals surface area contributed by atoms with Gasteiger partial charge < -0.3 is 9.32 Å². The molecule has 3 aromatic heterocycles. The van der Waals surface area contributed by atoms with E-state index >= 15 is 0 Å². The number of thiophene rings is 2. The summed E-state index contributed by atoms with van der Waals surface area (Å²) in [6, 6.07) is 72.6. The standard InChI is InChI=1S/C54H33NOS2/c1-4-14-34(15-5-1)39-27-28-40(35-16-6-2-7-17-35)53-51(39)45-32-37(25-31-50(45)58-53)55(38-24-26-43-42-20-10-12-22-47(42)56-48(43)33-38)46-30-29-41(36-18-8-3-9-19-36)54-52(46)44-21-11-13-23-49(44)57-54/h1-33H. The number of anilines is 3. The molecule has 0 N–H and O–H groups in total. The van der Waals surface area contributed by atoms with Crippen LogP contribution < -0.4 is 4.90 Å². The van der Waals surface area contributed by atoms with Gasteiger partial charge in [0, 0.05) is 68.6 Å². The van der Waals surface area contributed by atoms with Gasteiger partial charge in [-0.15, -0.1) is 22.7 Å². The smallest absolute Gasteiger partial charge is 0.137 e. The molecule has 12 aromatic rings. The van der Waals surface area contributed by atoms with Crippen LogP contribution in [-0.4, -0.2) is 0 Å². The van der Waals surface area contributed by atoms with Gasteiger partial charge in [0.1, 0.15) is 11.2 Å². The molecular formula is C54H33NOS2. The van der Waals surface area contributed by atoms with E-state index < -0.39 is 0 Å². The Bertz CT molecular complexity index is 3510. The first kappa shape index (κ1) is 33.2. The van der Waals surface area contributed by atoms with Crippen LogP contribution in [0.3, 0.4) is 0 Å². The third-order valence-electron chi connectivity index (χ3n) is 11.5. The highest BCUT2D eigenvalue weighted by atomic mass is 32.1. The van der Waals surface area contributed by atoms with E-state index in [0.717, 1.165) is 39.0 Å². The van der Waals surface area contributed by atoms with Gasteiger partial charge in [-0.1, -0.05) is 146 Å². The van der Waals surface area contributed by atoms with Crippen molar-refractivity contribution in [1.82, 2.24) is 0 Å². The summed E-state index contributed by atoms with van der Waals surface area (Å²) in [4.78, 5) is 2.45. The van der Waals surface area contributed by atoms with Gasteiger partial charge in [0.25, 0.3) is 0 Å². The molecule has 0 aliphatic rings. The highest BCUT2D eigenvalue weighted by Gasteiger charge is 2.24. The van der Waals surface area contributed by atoms with Crippen molar-refractivity contribution in [2.75, 3.05) is 4.90 Å². The first-order valence-electron chi connectivity index (χ1n) is 19.6. The van der Waals surface area contributed by atoms with Gasteiger partial charge in [0.2, 0.25) is 0 Å². The first-order chi connectivity index (χ1) is 28.8. The minimum absolute atomic E-state index is 0.872. The first-order valence-corrected chi connectivity index (χ1v) is 21.2. The molecule has 0 spiro atoms. The van der Waals surface area contributed by atoms with Crippen LogP contribution in [0.4, 0.5) is 17.1 Å². The number of para-hydroxylation sites is 1. The molecular weight excluding hydrogens is 743 g/mol. The maximum absolute atomic E-state index is 6.55. The van der Waals surface area contributed by atoms with Gasteiger partial charge in [0.05, 0.1) is 5.69 Å². The Labute approximate surface area is 343 Å².